The van der Waals surface area contributed by atoms with Crippen LogP contribution in [0.3, 0.4) is 0 Å². The van der Waals surface area contributed by atoms with E-state index in [9.17, 15) is 0 Å². The first-order valence-electron chi connectivity index (χ1n) is 10.3. The van der Waals surface area contributed by atoms with Crippen molar-refractivity contribution in [2.24, 2.45) is 0 Å². The normalized spacial score (nSPS) is 24.6. The standard InChI is InChI=1S/C22H26N4O2S/c1-13-5-4-8-26(13)16-9-15(10-16)21-24-18-11-14(6-7-19(18)29-21)17-12-23-22(28-3)25-20(17)27-2/h6-7,11-13,15-16H,4-5,8-10H2,1-3H3. The van der Waals surface area contributed by atoms with Gasteiger partial charge in [-0.25, -0.2) is 9.97 Å². The van der Waals surface area contributed by atoms with E-state index in [1.165, 1.54) is 41.9 Å². The van der Waals surface area contributed by atoms with E-state index in [2.05, 4.69) is 40.0 Å². The molecule has 3 aromatic rings. The lowest BCUT2D eigenvalue weighted by Gasteiger charge is -2.42. The van der Waals surface area contributed by atoms with Crippen LogP contribution in [0.5, 0.6) is 11.9 Å². The zero-order valence-corrected chi connectivity index (χ0v) is 17.9. The van der Waals surface area contributed by atoms with Crippen LogP contribution >= 0.6 is 11.3 Å². The van der Waals surface area contributed by atoms with E-state index in [-0.39, 0.29) is 0 Å². The lowest BCUT2D eigenvalue weighted by molar-refractivity contribution is 0.103. The number of thiazole rings is 1. The third-order valence-corrected chi connectivity index (χ3v) is 7.56. The fourth-order valence-electron chi connectivity index (χ4n) is 4.65. The molecule has 2 aliphatic rings. The monoisotopic (exact) mass is 410 g/mol. The molecule has 0 bridgehead atoms. The Kier molecular flexibility index (Phi) is 4.87. The fourth-order valence-corrected chi connectivity index (χ4v) is 5.72. The number of aromatic nitrogens is 3. The molecule has 1 atom stereocenters. The van der Waals surface area contributed by atoms with Gasteiger partial charge in [0.25, 0.3) is 0 Å². The van der Waals surface area contributed by atoms with Gasteiger partial charge in [0.05, 0.1) is 35.0 Å². The van der Waals surface area contributed by atoms with Gasteiger partial charge in [0, 0.05) is 24.2 Å². The van der Waals surface area contributed by atoms with Crippen LogP contribution in [0.15, 0.2) is 24.4 Å². The maximum absolute atomic E-state index is 5.44. The second-order valence-corrected chi connectivity index (χ2v) is 9.13. The number of ether oxygens (including phenoxy) is 2. The third kappa shape index (κ3) is 3.36. The first-order chi connectivity index (χ1) is 14.2. The SMILES string of the molecule is COc1ncc(-c2ccc3sc(C4CC(N5CCCC5C)C4)nc3c2)c(OC)n1. The number of methoxy groups -OCH3 is 2. The molecule has 2 fully saturated rings. The molecule has 3 heterocycles. The van der Waals surface area contributed by atoms with Gasteiger partial charge >= 0.3 is 6.01 Å². The first-order valence-corrected chi connectivity index (χ1v) is 11.1. The molecule has 1 saturated heterocycles. The zero-order valence-electron chi connectivity index (χ0n) is 17.1. The number of nitrogens with zero attached hydrogens (tertiary/aromatic N) is 4. The van der Waals surface area contributed by atoms with Gasteiger partial charge < -0.3 is 9.47 Å². The van der Waals surface area contributed by atoms with Crippen molar-refractivity contribution >= 4 is 21.6 Å². The van der Waals surface area contributed by atoms with Crippen LogP contribution < -0.4 is 9.47 Å². The van der Waals surface area contributed by atoms with Crippen molar-refractivity contribution in [1.29, 1.82) is 0 Å². The summed E-state index contributed by atoms with van der Waals surface area (Å²) in [5.74, 6) is 1.11. The minimum absolute atomic E-state index is 0.300. The number of likely N-dealkylation sites (tertiary alicyclic amines) is 1. The van der Waals surface area contributed by atoms with Gasteiger partial charge in [-0.3, -0.25) is 4.90 Å². The summed E-state index contributed by atoms with van der Waals surface area (Å²) in [4.78, 5) is 16.2. The van der Waals surface area contributed by atoms with Crippen molar-refractivity contribution in [3.63, 3.8) is 0 Å². The van der Waals surface area contributed by atoms with Gasteiger partial charge in [-0.1, -0.05) is 6.07 Å². The van der Waals surface area contributed by atoms with E-state index < -0.39 is 0 Å². The summed E-state index contributed by atoms with van der Waals surface area (Å²) in [7, 11) is 3.16. The predicted octanol–water partition coefficient (Wildman–Crippen LogP) is 4.50. The summed E-state index contributed by atoms with van der Waals surface area (Å²) < 4.78 is 11.8. The average molecular weight is 411 g/mol. The Labute approximate surface area is 174 Å². The van der Waals surface area contributed by atoms with Crippen molar-refractivity contribution in [3.8, 4) is 23.0 Å². The fraction of sp³-hybridized carbons (Fsp3) is 0.500. The van der Waals surface area contributed by atoms with Gasteiger partial charge in [0.1, 0.15) is 0 Å². The van der Waals surface area contributed by atoms with E-state index in [1.807, 2.05) is 11.3 Å². The predicted molar refractivity (Wildman–Crippen MR) is 115 cm³/mol. The molecular formula is C22H26N4O2S. The zero-order chi connectivity index (χ0) is 20.0. The molecule has 1 aliphatic heterocycles. The van der Waals surface area contributed by atoms with Crippen LogP contribution in [0, 0.1) is 0 Å². The molecule has 7 heteroatoms. The molecule has 1 saturated carbocycles. The number of rotatable bonds is 5. The topological polar surface area (TPSA) is 60.4 Å². The molecule has 152 valence electrons. The molecule has 1 unspecified atom stereocenters. The highest BCUT2D eigenvalue weighted by atomic mass is 32.1. The number of hydrogen-bond acceptors (Lipinski definition) is 7. The molecule has 1 aliphatic carbocycles. The van der Waals surface area contributed by atoms with E-state index in [0.717, 1.165) is 28.7 Å². The minimum Gasteiger partial charge on any atom is -0.480 e. The molecule has 1 aromatic carbocycles. The molecule has 0 radical (unpaired) electrons. The van der Waals surface area contributed by atoms with E-state index >= 15 is 0 Å². The highest BCUT2D eigenvalue weighted by molar-refractivity contribution is 7.18. The maximum Gasteiger partial charge on any atom is 0.319 e. The summed E-state index contributed by atoms with van der Waals surface area (Å²) in [6, 6.07) is 8.15. The highest BCUT2D eigenvalue weighted by Crippen LogP contribution is 2.44. The number of benzene rings is 1. The quantitative estimate of drug-likeness (QED) is 0.617. The largest absolute Gasteiger partial charge is 0.480 e. The molecular weight excluding hydrogens is 384 g/mol. The lowest BCUT2D eigenvalue weighted by Crippen LogP contribution is -2.45. The van der Waals surface area contributed by atoms with Gasteiger partial charge in [0.15, 0.2) is 0 Å². The molecule has 5 rings (SSSR count). The van der Waals surface area contributed by atoms with E-state index in [0.29, 0.717) is 17.8 Å². The van der Waals surface area contributed by atoms with Crippen LogP contribution in [0.2, 0.25) is 0 Å². The Morgan fingerprint density at radius 1 is 1.14 bits per heavy atom. The first kappa shape index (κ1) is 18.8. The smallest absolute Gasteiger partial charge is 0.319 e. The summed E-state index contributed by atoms with van der Waals surface area (Å²) in [6.07, 6.45) is 6.94. The van der Waals surface area contributed by atoms with Crippen LogP contribution in [-0.4, -0.2) is 52.7 Å². The average Bonchev–Trinajstić information content (AvgIpc) is 3.32. The van der Waals surface area contributed by atoms with Gasteiger partial charge in [-0.05, 0) is 56.8 Å². The molecule has 2 aromatic heterocycles. The Morgan fingerprint density at radius 2 is 2.00 bits per heavy atom. The molecule has 0 amide bonds. The Morgan fingerprint density at radius 3 is 2.72 bits per heavy atom. The molecule has 0 N–H and O–H groups in total. The highest BCUT2D eigenvalue weighted by Gasteiger charge is 2.39. The van der Waals surface area contributed by atoms with Crippen LogP contribution in [0.1, 0.15) is 43.5 Å². The van der Waals surface area contributed by atoms with E-state index in [4.69, 9.17) is 14.5 Å². The molecule has 0 spiro atoms. The minimum atomic E-state index is 0.300. The van der Waals surface area contributed by atoms with Crippen LogP contribution in [-0.2, 0) is 0 Å². The number of hydrogen-bond donors (Lipinski definition) is 0. The van der Waals surface area contributed by atoms with Crippen molar-refractivity contribution in [2.75, 3.05) is 20.8 Å². The van der Waals surface area contributed by atoms with Crippen LogP contribution in [0.4, 0.5) is 0 Å². The van der Waals surface area contributed by atoms with Crippen LogP contribution in [0.25, 0.3) is 21.3 Å². The Bertz CT molecular complexity index is 1030. The summed E-state index contributed by atoms with van der Waals surface area (Å²) in [5, 5.41) is 1.28. The Hall–Kier alpha value is -2.25. The number of fused-ring (bicyclic) bond motifs is 1. The van der Waals surface area contributed by atoms with Crippen molar-refractivity contribution in [3.05, 3.63) is 29.4 Å². The Balaban J connectivity index is 1.37. The second-order valence-electron chi connectivity index (χ2n) is 8.07. The van der Waals surface area contributed by atoms with E-state index in [1.54, 1.807) is 20.4 Å². The maximum atomic E-state index is 5.44. The van der Waals surface area contributed by atoms with Crippen molar-refractivity contribution in [2.45, 2.75) is 50.6 Å². The second kappa shape index (κ2) is 7.54. The third-order valence-electron chi connectivity index (χ3n) is 6.36. The van der Waals surface area contributed by atoms with Crippen molar-refractivity contribution < 1.29 is 9.47 Å². The van der Waals surface area contributed by atoms with Gasteiger partial charge in [-0.2, -0.15) is 4.98 Å². The van der Waals surface area contributed by atoms with Crippen molar-refractivity contribution in [1.82, 2.24) is 19.9 Å². The molecule has 6 nitrogen and oxygen atoms in total. The molecule has 29 heavy (non-hydrogen) atoms. The van der Waals surface area contributed by atoms with Gasteiger partial charge in [-0.15, -0.1) is 11.3 Å². The summed E-state index contributed by atoms with van der Waals surface area (Å²) in [5.41, 5.74) is 2.89. The summed E-state index contributed by atoms with van der Waals surface area (Å²) in [6.45, 7) is 3.64. The lowest BCUT2D eigenvalue weighted by atomic mass is 9.79. The van der Waals surface area contributed by atoms with Gasteiger partial charge in [0.2, 0.25) is 5.88 Å². The summed E-state index contributed by atoms with van der Waals surface area (Å²) >= 11 is 1.83.